The second-order valence-electron chi connectivity index (χ2n) is 6.23. The summed E-state index contributed by atoms with van der Waals surface area (Å²) in [7, 11) is 0. The van der Waals surface area contributed by atoms with Gasteiger partial charge in [0.05, 0.1) is 18.8 Å². The predicted octanol–water partition coefficient (Wildman–Crippen LogP) is 4.19. The highest BCUT2D eigenvalue weighted by molar-refractivity contribution is 5.67. The molecule has 0 fully saturated rings. The first-order valence-corrected chi connectivity index (χ1v) is 8.96. The van der Waals surface area contributed by atoms with Crippen molar-refractivity contribution in [1.82, 2.24) is 10.6 Å². The van der Waals surface area contributed by atoms with Gasteiger partial charge in [-0.2, -0.15) is 0 Å². The van der Waals surface area contributed by atoms with Crippen molar-refractivity contribution >= 4 is 5.70 Å². The Morgan fingerprint density at radius 2 is 1.80 bits per heavy atom. The Hall–Kier alpha value is -2.46. The van der Waals surface area contributed by atoms with E-state index in [-0.39, 0.29) is 12.2 Å². The van der Waals surface area contributed by atoms with Crippen LogP contribution in [0.3, 0.4) is 0 Å². The zero-order valence-corrected chi connectivity index (χ0v) is 14.8. The Labute approximate surface area is 149 Å². The average molecular weight is 338 g/mol. The van der Waals surface area contributed by atoms with E-state index < -0.39 is 0 Å². The van der Waals surface area contributed by atoms with E-state index >= 15 is 0 Å². The Morgan fingerprint density at radius 1 is 1.04 bits per heavy atom. The predicted molar refractivity (Wildman–Crippen MR) is 101 cm³/mol. The van der Waals surface area contributed by atoms with E-state index in [1.165, 1.54) is 0 Å². The van der Waals surface area contributed by atoms with Gasteiger partial charge in [-0.3, -0.25) is 5.32 Å². The van der Waals surface area contributed by atoms with E-state index in [1.807, 2.05) is 37.3 Å². The first kappa shape index (κ1) is 17.4. The summed E-state index contributed by atoms with van der Waals surface area (Å²) in [5.41, 5.74) is 3.09. The Bertz CT molecular complexity index is 725. The number of hydrogen-bond acceptors (Lipinski definition) is 4. The molecule has 1 aliphatic heterocycles. The van der Waals surface area contributed by atoms with Crippen LogP contribution in [-0.4, -0.2) is 17.9 Å². The highest BCUT2D eigenvalue weighted by atomic mass is 16.5. The number of phenolic OH excluding ortho intramolecular Hbond substituents is 1. The number of ether oxygens (including phenoxy) is 1. The number of benzene rings is 2. The summed E-state index contributed by atoms with van der Waals surface area (Å²) >= 11 is 0. The summed E-state index contributed by atoms with van der Waals surface area (Å²) in [6.45, 7) is 4.82. The normalized spacial score (nSPS) is 19.8. The summed E-state index contributed by atoms with van der Waals surface area (Å²) in [4.78, 5) is 0. The van der Waals surface area contributed by atoms with Crippen molar-refractivity contribution in [2.75, 3.05) is 6.61 Å². The molecule has 0 spiro atoms. The van der Waals surface area contributed by atoms with E-state index in [9.17, 15) is 5.11 Å². The molecule has 4 nitrogen and oxygen atoms in total. The van der Waals surface area contributed by atoms with Crippen molar-refractivity contribution in [3.63, 3.8) is 0 Å². The van der Waals surface area contributed by atoms with E-state index in [1.54, 1.807) is 6.07 Å². The summed E-state index contributed by atoms with van der Waals surface area (Å²) in [6, 6.07) is 15.6. The monoisotopic (exact) mass is 338 g/mol. The maximum atomic E-state index is 10.2. The summed E-state index contributed by atoms with van der Waals surface area (Å²) in [5.74, 6) is 1.20. The van der Waals surface area contributed by atoms with Crippen molar-refractivity contribution in [2.45, 2.75) is 38.9 Å². The molecule has 4 heteroatoms. The van der Waals surface area contributed by atoms with Crippen LogP contribution in [0.4, 0.5) is 0 Å². The highest BCUT2D eigenvalue weighted by Crippen LogP contribution is 2.30. The van der Waals surface area contributed by atoms with Gasteiger partial charge in [0.2, 0.25) is 0 Å². The largest absolute Gasteiger partial charge is 0.508 e. The van der Waals surface area contributed by atoms with E-state index in [0.29, 0.717) is 12.4 Å². The molecule has 0 amide bonds. The minimum atomic E-state index is -0.0273. The zero-order valence-electron chi connectivity index (χ0n) is 14.8. The van der Waals surface area contributed by atoms with Crippen molar-refractivity contribution in [3.8, 4) is 11.5 Å². The topological polar surface area (TPSA) is 53.5 Å². The lowest BCUT2D eigenvalue weighted by atomic mass is 9.98. The molecule has 2 aromatic rings. The lowest BCUT2D eigenvalue weighted by Crippen LogP contribution is -2.46. The Balaban J connectivity index is 1.91. The summed E-state index contributed by atoms with van der Waals surface area (Å²) in [6.07, 6.45) is 4.39. The van der Waals surface area contributed by atoms with E-state index in [2.05, 4.69) is 35.8 Å². The number of para-hydroxylation sites is 1. The lowest BCUT2D eigenvalue weighted by Gasteiger charge is -2.33. The van der Waals surface area contributed by atoms with Crippen molar-refractivity contribution < 1.29 is 9.84 Å². The fourth-order valence-corrected chi connectivity index (χ4v) is 3.16. The highest BCUT2D eigenvalue weighted by Gasteiger charge is 2.23. The fraction of sp³-hybridized carbons (Fsp3) is 0.333. The maximum absolute atomic E-state index is 10.2. The van der Waals surface area contributed by atoms with Gasteiger partial charge in [0.25, 0.3) is 0 Å². The molecule has 3 N–H and O–H groups in total. The molecule has 0 saturated heterocycles. The molecule has 0 aromatic heterocycles. The number of nitrogens with one attached hydrogen (secondary N) is 2. The molecular formula is C21H26N2O2. The minimum absolute atomic E-state index is 0.0273. The molecule has 1 aliphatic rings. The van der Waals surface area contributed by atoms with Gasteiger partial charge in [-0.1, -0.05) is 31.5 Å². The fourth-order valence-electron chi connectivity index (χ4n) is 3.16. The van der Waals surface area contributed by atoms with Crippen molar-refractivity contribution in [2.24, 2.45) is 0 Å². The molecule has 0 bridgehead atoms. The smallest absolute Gasteiger partial charge is 0.120 e. The van der Waals surface area contributed by atoms with Gasteiger partial charge in [0, 0.05) is 11.3 Å². The number of hydrogen-bond donors (Lipinski definition) is 3. The molecule has 2 unspecified atom stereocenters. The Kier molecular flexibility index (Phi) is 5.61. The average Bonchev–Trinajstić information content (AvgIpc) is 2.63. The van der Waals surface area contributed by atoms with Gasteiger partial charge in [0.15, 0.2) is 0 Å². The van der Waals surface area contributed by atoms with Gasteiger partial charge in [0.1, 0.15) is 11.5 Å². The van der Waals surface area contributed by atoms with E-state index in [4.69, 9.17) is 4.74 Å². The van der Waals surface area contributed by atoms with Crippen LogP contribution in [0.1, 0.15) is 43.9 Å². The lowest BCUT2D eigenvalue weighted by molar-refractivity contribution is 0.340. The molecule has 25 heavy (non-hydrogen) atoms. The Morgan fingerprint density at radius 3 is 2.48 bits per heavy atom. The SMILES string of the molecule is CCCC1NC(c2ccc(OCC)cc2)=CC(c2ccccc2O)N1. The summed E-state index contributed by atoms with van der Waals surface area (Å²) < 4.78 is 5.53. The second-order valence-corrected chi connectivity index (χ2v) is 6.23. The number of aromatic hydroxyl groups is 1. The van der Waals surface area contributed by atoms with Crippen LogP contribution in [0.25, 0.3) is 5.70 Å². The molecule has 1 heterocycles. The zero-order chi connectivity index (χ0) is 17.6. The third kappa shape index (κ3) is 4.15. The van der Waals surface area contributed by atoms with Crippen LogP contribution in [0.5, 0.6) is 11.5 Å². The molecule has 132 valence electrons. The van der Waals surface area contributed by atoms with Crippen molar-refractivity contribution in [1.29, 1.82) is 0 Å². The quantitative estimate of drug-likeness (QED) is 0.739. The first-order valence-electron chi connectivity index (χ1n) is 8.96. The molecule has 0 aliphatic carbocycles. The van der Waals surface area contributed by atoms with Crippen LogP contribution in [0.2, 0.25) is 0 Å². The van der Waals surface area contributed by atoms with Gasteiger partial charge < -0.3 is 15.2 Å². The van der Waals surface area contributed by atoms with Gasteiger partial charge in [-0.05, 0) is 55.3 Å². The van der Waals surface area contributed by atoms with Gasteiger partial charge in [-0.15, -0.1) is 0 Å². The third-order valence-corrected chi connectivity index (χ3v) is 4.37. The molecule has 0 saturated carbocycles. The van der Waals surface area contributed by atoms with Crippen LogP contribution in [-0.2, 0) is 0 Å². The third-order valence-electron chi connectivity index (χ3n) is 4.37. The second kappa shape index (κ2) is 8.08. The van der Waals surface area contributed by atoms with Crippen molar-refractivity contribution in [3.05, 3.63) is 65.7 Å². The van der Waals surface area contributed by atoms with Crippen LogP contribution < -0.4 is 15.4 Å². The summed E-state index contributed by atoms with van der Waals surface area (Å²) in [5, 5.41) is 17.4. The van der Waals surface area contributed by atoms with Crippen LogP contribution in [0.15, 0.2) is 54.6 Å². The number of phenols is 1. The molecule has 2 aromatic carbocycles. The first-order chi connectivity index (χ1) is 12.2. The molecular weight excluding hydrogens is 312 g/mol. The van der Waals surface area contributed by atoms with Gasteiger partial charge in [-0.25, -0.2) is 0 Å². The maximum Gasteiger partial charge on any atom is 0.120 e. The standard InChI is InChI=1S/C21H26N2O2/c1-3-7-21-22-18(15-10-12-16(13-11-15)25-4-2)14-19(23-21)17-8-5-6-9-20(17)24/h5-6,8-14,19,21-24H,3-4,7H2,1-2H3. The molecule has 3 rings (SSSR count). The minimum Gasteiger partial charge on any atom is -0.508 e. The van der Waals surface area contributed by atoms with Crippen LogP contribution >= 0.6 is 0 Å². The molecule has 2 atom stereocenters. The van der Waals surface area contributed by atoms with Crippen LogP contribution in [0, 0.1) is 0 Å². The number of rotatable bonds is 6. The van der Waals surface area contributed by atoms with E-state index in [0.717, 1.165) is 35.4 Å². The van der Waals surface area contributed by atoms with Gasteiger partial charge >= 0.3 is 0 Å². The molecule has 0 radical (unpaired) electrons.